The van der Waals surface area contributed by atoms with Gasteiger partial charge in [-0.3, -0.25) is 4.94 Å². The molecule has 1 aliphatic carbocycles. The Hall–Kier alpha value is -3.10. The molecule has 1 saturated carbocycles. The van der Waals surface area contributed by atoms with Crippen LogP contribution in [0.5, 0.6) is 5.75 Å². The third-order valence-corrected chi connectivity index (χ3v) is 6.11. The van der Waals surface area contributed by atoms with Gasteiger partial charge in [-0.25, -0.2) is 30.7 Å². The maximum Gasteiger partial charge on any atom is 0.194 e. The van der Waals surface area contributed by atoms with E-state index in [4.69, 9.17) is 0 Å². The largest absolute Gasteiger partial charge is 0.294 e. The number of hydrogen-bond donors (Lipinski definition) is 0. The Morgan fingerprint density at radius 1 is 0.743 bits per heavy atom. The Bertz CT molecular complexity index is 1130. The van der Waals surface area contributed by atoms with Gasteiger partial charge in [-0.1, -0.05) is 31.9 Å². The number of alkyl halides is 1. The number of benzene rings is 3. The fourth-order valence-electron chi connectivity index (χ4n) is 4.08. The van der Waals surface area contributed by atoms with Crippen molar-refractivity contribution in [2.75, 3.05) is 0 Å². The highest BCUT2D eigenvalue weighted by atomic mass is 19.3. The van der Waals surface area contributed by atoms with Crippen molar-refractivity contribution in [2.45, 2.75) is 45.2 Å². The smallest absolute Gasteiger partial charge is 0.194 e. The lowest BCUT2D eigenvalue weighted by atomic mass is 9.79. The topological polar surface area (TPSA) is 9.23 Å². The average Bonchev–Trinajstić information content (AvgIpc) is 2.82. The minimum absolute atomic E-state index is 0.0866. The molecule has 0 amide bonds. The van der Waals surface area contributed by atoms with Crippen molar-refractivity contribution in [1.82, 2.24) is 0 Å². The molecule has 0 spiro atoms. The van der Waals surface area contributed by atoms with Crippen LogP contribution in [0.3, 0.4) is 0 Å². The van der Waals surface area contributed by atoms with Gasteiger partial charge in [0.1, 0.15) is 24.1 Å². The second kappa shape index (κ2) is 11.6. The first-order valence-electron chi connectivity index (χ1n) is 10.9. The summed E-state index contributed by atoms with van der Waals surface area (Å²) in [6.45, 7) is 1.00. The summed E-state index contributed by atoms with van der Waals surface area (Å²) in [5.41, 5.74) is 0.534. The summed E-state index contributed by atoms with van der Waals surface area (Å²) in [6.07, 6.45) is 4.34. The van der Waals surface area contributed by atoms with Crippen LogP contribution >= 0.6 is 0 Å². The fourth-order valence-corrected chi connectivity index (χ4v) is 4.08. The van der Waals surface area contributed by atoms with E-state index in [2.05, 4.69) is 11.9 Å². The van der Waals surface area contributed by atoms with E-state index in [0.717, 1.165) is 43.4 Å². The van der Waals surface area contributed by atoms with Crippen LogP contribution in [0.4, 0.5) is 35.3 Å². The van der Waals surface area contributed by atoms with E-state index in [1.54, 1.807) is 6.07 Å². The van der Waals surface area contributed by atoms with E-state index in [-0.39, 0.29) is 11.1 Å². The van der Waals surface area contributed by atoms with E-state index >= 15 is 0 Å². The van der Waals surface area contributed by atoms with Crippen molar-refractivity contribution in [3.63, 3.8) is 0 Å². The molecule has 0 saturated heterocycles. The summed E-state index contributed by atoms with van der Waals surface area (Å²) in [5, 5.41) is 0. The summed E-state index contributed by atoms with van der Waals surface area (Å²) in [5.74, 6) is -6.76. The van der Waals surface area contributed by atoms with E-state index in [1.807, 2.05) is 6.07 Å². The van der Waals surface area contributed by atoms with E-state index in [0.29, 0.717) is 24.0 Å². The second-order valence-corrected chi connectivity index (χ2v) is 8.53. The van der Waals surface area contributed by atoms with Gasteiger partial charge in [0.15, 0.2) is 23.2 Å². The Morgan fingerprint density at radius 3 is 1.80 bits per heavy atom. The zero-order valence-electron chi connectivity index (χ0n) is 18.7. The number of hydrogen-bond acceptors (Lipinski definition) is 1. The third kappa shape index (κ3) is 6.32. The highest BCUT2D eigenvalue weighted by Crippen LogP contribution is 2.37. The van der Waals surface area contributed by atoms with Gasteiger partial charge in [-0.2, -0.15) is 0 Å². The van der Waals surface area contributed by atoms with Crippen molar-refractivity contribution >= 4 is 0 Å². The van der Waals surface area contributed by atoms with Crippen molar-refractivity contribution < 1.29 is 40.2 Å². The predicted octanol–water partition coefficient (Wildman–Crippen LogP) is 8.90. The summed E-state index contributed by atoms with van der Waals surface area (Å²) in [6, 6.07) is 7.63. The van der Waals surface area contributed by atoms with Gasteiger partial charge in [0.2, 0.25) is 0 Å². The lowest BCUT2D eigenvalue weighted by molar-refractivity contribution is -0.00711. The van der Waals surface area contributed by atoms with Crippen LogP contribution in [-0.4, -0.2) is 0 Å². The van der Waals surface area contributed by atoms with Gasteiger partial charge < -0.3 is 0 Å². The molecule has 3 aromatic carbocycles. The van der Waals surface area contributed by atoms with Crippen molar-refractivity contribution in [3.05, 3.63) is 88.5 Å². The minimum Gasteiger partial charge on any atom is -0.294 e. The first kappa shape index (κ1) is 26.5. The second-order valence-electron chi connectivity index (χ2n) is 8.53. The molecule has 35 heavy (non-hydrogen) atoms. The van der Waals surface area contributed by atoms with E-state index in [1.165, 1.54) is 6.07 Å². The quantitative estimate of drug-likeness (QED) is 0.256. The molecule has 4 rings (SSSR count). The molecule has 9 heteroatoms. The van der Waals surface area contributed by atoms with Gasteiger partial charge in [0.25, 0.3) is 0 Å². The van der Waals surface area contributed by atoms with E-state index < -0.39 is 52.9 Å². The predicted molar refractivity (Wildman–Crippen MR) is 115 cm³/mol. The van der Waals surface area contributed by atoms with Crippen LogP contribution in [0.2, 0.25) is 0 Å². The monoisotopic (exact) mass is 502 g/mol. The Labute approximate surface area is 197 Å². The molecule has 3 aromatic rings. The summed E-state index contributed by atoms with van der Waals surface area (Å²) in [7, 11) is 0. The molecule has 0 atom stereocenters. The lowest BCUT2D eigenvalue weighted by Crippen LogP contribution is -2.11. The standard InChI is InChI=1S/C20H20F4.C6H2F4O/c1-12-2-4-13(5-3-12)14-6-7-16(18(22)8-14)15-9-19(23)17(11-21)20(24)10-15;7-4-1-3(11-10)2-5(8)6(4)9/h6-10,12-13H,2-5,11H2,1H3;1-2H. The highest BCUT2D eigenvalue weighted by molar-refractivity contribution is 5.65. The SMILES string of the molecule is CC1CCC(c2ccc(-c3cc(F)c(CF)c(F)c3)c(F)c2)CC1.FOc1cc(F)c(F)c(F)c1. The molecule has 188 valence electrons. The maximum atomic E-state index is 14.5. The van der Waals surface area contributed by atoms with Gasteiger partial charge in [-0.15, -0.1) is 0 Å². The van der Waals surface area contributed by atoms with Crippen molar-refractivity contribution in [3.8, 4) is 16.9 Å². The Balaban J connectivity index is 0.000000261. The van der Waals surface area contributed by atoms with Crippen molar-refractivity contribution in [1.29, 1.82) is 0 Å². The Morgan fingerprint density at radius 2 is 1.31 bits per heavy atom. The van der Waals surface area contributed by atoms with Gasteiger partial charge in [0.05, 0.1) is 5.56 Å². The summed E-state index contributed by atoms with van der Waals surface area (Å²) < 4.78 is 102. The van der Waals surface area contributed by atoms with E-state index in [9.17, 15) is 35.3 Å². The first-order valence-corrected chi connectivity index (χ1v) is 10.9. The zero-order chi connectivity index (χ0) is 25.7. The fraction of sp³-hybridized carbons (Fsp3) is 0.308. The first-order chi connectivity index (χ1) is 16.6. The molecule has 0 aliphatic heterocycles. The van der Waals surface area contributed by atoms with Gasteiger partial charge in [0, 0.05) is 22.2 Å². The average molecular weight is 502 g/mol. The molecule has 0 radical (unpaired) electrons. The zero-order valence-corrected chi connectivity index (χ0v) is 18.7. The molecular weight excluding hydrogens is 480 g/mol. The number of rotatable bonds is 4. The molecule has 1 aliphatic rings. The van der Waals surface area contributed by atoms with Crippen LogP contribution in [0.1, 0.15) is 49.7 Å². The highest BCUT2D eigenvalue weighted by Gasteiger charge is 2.21. The lowest BCUT2D eigenvalue weighted by Gasteiger charge is -2.26. The molecule has 1 nitrogen and oxygen atoms in total. The van der Waals surface area contributed by atoms with Gasteiger partial charge >= 0.3 is 0 Å². The normalized spacial score (nSPS) is 17.5. The summed E-state index contributed by atoms with van der Waals surface area (Å²) >= 11 is 0. The van der Waals surface area contributed by atoms with Crippen LogP contribution in [-0.2, 0) is 6.67 Å². The van der Waals surface area contributed by atoms with Gasteiger partial charge in [-0.05, 0) is 54.0 Å². The molecule has 0 bridgehead atoms. The number of halogens is 8. The molecule has 1 fully saturated rings. The molecular formula is C26H22F8O. The van der Waals surface area contributed by atoms with Crippen LogP contribution in [0, 0.1) is 40.8 Å². The van der Waals surface area contributed by atoms with Crippen molar-refractivity contribution in [2.24, 2.45) is 5.92 Å². The molecule has 0 unspecified atom stereocenters. The van der Waals surface area contributed by atoms with Crippen LogP contribution in [0.25, 0.3) is 11.1 Å². The Kier molecular flexibility index (Phi) is 8.75. The molecule has 0 heterocycles. The van der Waals surface area contributed by atoms with Crippen LogP contribution < -0.4 is 4.94 Å². The molecule has 0 N–H and O–H groups in total. The van der Waals surface area contributed by atoms with Crippen LogP contribution in [0.15, 0.2) is 42.5 Å². The molecule has 0 aromatic heterocycles. The third-order valence-electron chi connectivity index (χ3n) is 6.11. The minimum atomic E-state index is -1.65. The summed E-state index contributed by atoms with van der Waals surface area (Å²) in [4.78, 5) is 2.98. The maximum absolute atomic E-state index is 14.5.